The molecule has 0 atom stereocenters. The summed E-state index contributed by atoms with van der Waals surface area (Å²) in [6.45, 7) is 4.53. The molecule has 0 fully saturated rings. The van der Waals surface area contributed by atoms with E-state index in [1.807, 2.05) is 74.5 Å². The van der Waals surface area contributed by atoms with Crippen molar-refractivity contribution in [3.05, 3.63) is 106 Å². The fourth-order valence-electron chi connectivity index (χ4n) is 5.00. The van der Waals surface area contributed by atoms with E-state index in [1.54, 1.807) is 0 Å². The molecule has 1 heterocycles. The lowest BCUT2D eigenvalue weighted by Gasteiger charge is -2.38. The van der Waals surface area contributed by atoms with Crippen LogP contribution in [0.4, 0.5) is 0 Å². The Hall–Kier alpha value is -3.86. The SMILES string of the molecule is COC(=O)C1=C(C)N(CCCc2ccccc2)C(C)=C(C(=O)OC)C1c1ccc2ccccc2c1. The maximum atomic E-state index is 13.1. The molecule has 0 spiro atoms. The maximum absolute atomic E-state index is 13.1. The van der Waals surface area contributed by atoms with Crippen molar-refractivity contribution >= 4 is 22.7 Å². The molecule has 1 aliphatic heterocycles. The number of allylic oxidation sites excluding steroid dienone is 2. The van der Waals surface area contributed by atoms with E-state index < -0.39 is 17.9 Å². The Balaban J connectivity index is 1.79. The van der Waals surface area contributed by atoms with Crippen molar-refractivity contribution in [1.82, 2.24) is 4.90 Å². The van der Waals surface area contributed by atoms with Crippen LogP contribution in [0.3, 0.4) is 0 Å². The molecule has 1 aliphatic rings. The van der Waals surface area contributed by atoms with Gasteiger partial charge in [-0.3, -0.25) is 0 Å². The minimum atomic E-state index is -0.579. The molecule has 35 heavy (non-hydrogen) atoms. The van der Waals surface area contributed by atoms with Gasteiger partial charge in [0.2, 0.25) is 0 Å². The average Bonchev–Trinajstić information content (AvgIpc) is 2.89. The third-order valence-electron chi connectivity index (χ3n) is 6.77. The number of ether oxygens (including phenoxy) is 2. The molecule has 3 aromatic rings. The first-order chi connectivity index (χ1) is 17.0. The van der Waals surface area contributed by atoms with E-state index in [4.69, 9.17) is 9.47 Å². The number of benzene rings is 3. The van der Waals surface area contributed by atoms with E-state index in [2.05, 4.69) is 17.0 Å². The van der Waals surface area contributed by atoms with Gasteiger partial charge in [0, 0.05) is 17.9 Å². The van der Waals surface area contributed by atoms with Crippen LogP contribution >= 0.6 is 0 Å². The minimum absolute atomic E-state index is 0.442. The number of rotatable bonds is 7. The Labute approximate surface area is 206 Å². The smallest absolute Gasteiger partial charge is 0.336 e. The summed E-state index contributed by atoms with van der Waals surface area (Å²) in [5, 5.41) is 2.13. The predicted molar refractivity (Wildman–Crippen MR) is 138 cm³/mol. The van der Waals surface area contributed by atoms with E-state index in [1.165, 1.54) is 19.8 Å². The summed E-state index contributed by atoms with van der Waals surface area (Å²) >= 11 is 0. The minimum Gasteiger partial charge on any atom is -0.466 e. The molecule has 3 aromatic carbocycles. The van der Waals surface area contributed by atoms with Crippen molar-refractivity contribution in [2.75, 3.05) is 20.8 Å². The first kappa shape index (κ1) is 24.3. The van der Waals surface area contributed by atoms with Crippen molar-refractivity contribution in [1.29, 1.82) is 0 Å². The average molecular weight is 470 g/mol. The lowest BCUT2D eigenvalue weighted by molar-refractivity contribution is -0.137. The molecule has 0 aromatic heterocycles. The van der Waals surface area contributed by atoms with Crippen molar-refractivity contribution in [3.8, 4) is 0 Å². The zero-order valence-electron chi connectivity index (χ0n) is 20.7. The second kappa shape index (κ2) is 10.6. The highest BCUT2D eigenvalue weighted by molar-refractivity contribution is 6.00. The van der Waals surface area contributed by atoms with E-state index in [0.717, 1.165) is 40.6 Å². The van der Waals surface area contributed by atoms with Gasteiger partial charge in [-0.25, -0.2) is 9.59 Å². The highest BCUT2D eigenvalue weighted by Crippen LogP contribution is 2.43. The van der Waals surface area contributed by atoms with Crippen molar-refractivity contribution < 1.29 is 19.1 Å². The van der Waals surface area contributed by atoms with Gasteiger partial charge in [0.15, 0.2) is 0 Å². The van der Waals surface area contributed by atoms with Crippen LogP contribution in [0.5, 0.6) is 0 Å². The van der Waals surface area contributed by atoms with Crippen molar-refractivity contribution in [3.63, 3.8) is 0 Å². The number of methoxy groups -OCH3 is 2. The number of carbonyl (C=O) groups is 2. The van der Waals surface area contributed by atoms with Gasteiger partial charge < -0.3 is 14.4 Å². The largest absolute Gasteiger partial charge is 0.466 e. The van der Waals surface area contributed by atoms with Gasteiger partial charge in [0.25, 0.3) is 0 Å². The third kappa shape index (κ3) is 4.85. The topological polar surface area (TPSA) is 55.8 Å². The molecule has 0 saturated heterocycles. The monoisotopic (exact) mass is 469 g/mol. The van der Waals surface area contributed by atoms with Crippen LogP contribution in [-0.2, 0) is 25.5 Å². The van der Waals surface area contributed by atoms with Crippen LogP contribution in [0.1, 0.15) is 37.3 Å². The number of esters is 2. The Morgan fingerprint density at radius 1 is 0.771 bits per heavy atom. The van der Waals surface area contributed by atoms with Gasteiger partial charge in [-0.15, -0.1) is 0 Å². The Morgan fingerprint density at radius 3 is 1.94 bits per heavy atom. The van der Waals surface area contributed by atoms with Crippen LogP contribution in [0.25, 0.3) is 10.8 Å². The van der Waals surface area contributed by atoms with Gasteiger partial charge in [0.1, 0.15) is 0 Å². The second-order valence-electron chi connectivity index (χ2n) is 8.76. The summed E-state index contributed by atoms with van der Waals surface area (Å²) in [6, 6.07) is 24.4. The third-order valence-corrected chi connectivity index (χ3v) is 6.77. The highest BCUT2D eigenvalue weighted by Gasteiger charge is 2.40. The number of nitrogens with zero attached hydrogens (tertiary/aromatic N) is 1. The Morgan fingerprint density at radius 2 is 1.34 bits per heavy atom. The fraction of sp³-hybridized carbons (Fsp3) is 0.267. The van der Waals surface area contributed by atoms with Crippen LogP contribution < -0.4 is 0 Å². The molecule has 0 bridgehead atoms. The highest BCUT2D eigenvalue weighted by atomic mass is 16.5. The molecule has 0 amide bonds. The number of aryl methyl sites for hydroxylation is 1. The normalized spacial score (nSPS) is 14.5. The van der Waals surface area contributed by atoms with Gasteiger partial charge >= 0.3 is 11.9 Å². The first-order valence-electron chi connectivity index (χ1n) is 11.8. The molecule has 0 N–H and O–H groups in total. The Kier molecular flexibility index (Phi) is 7.35. The van der Waals surface area contributed by atoms with Gasteiger partial charge in [-0.1, -0.05) is 72.8 Å². The molecule has 4 rings (SSSR count). The molecular formula is C30H31NO4. The first-order valence-corrected chi connectivity index (χ1v) is 11.8. The Bertz CT molecular complexity index is 1270. The van der Waals surface area contributed by atoms with Gasteiger partial charge in [-0.05, 0) is 48.6 Å². The van der Waals surface area contributed by atoms with Crippen molar-refractivity contribution in [2.45, 2.75) is 32.6 Å². The van der Waals surface area contributed by atoms with E-state index in [9.17, 15) is 9.59 Å². The summed E-state index contributed by atoms with van der Waals surface area (Å²) in [6.07, 6.45) is 1.76. The lowest BCUT2D eigenvalue weighted by Crippen LogP contribution is -2.35. The van der Waals surface area contributed by atoms with Crippen molar-refractivity contribution in [2.24, 2.45) is 0 Å². The molecular weight excluding hydrogens is 438 g/mol. The molecule has 0 unspecified atom stereocenters. The quantitative estimate of drug-likeness (QED) is 0.412. The summed E-state index contributed by atoms with van der Waals surface area (Å²) in [7, 11) is 2.76. The zero-order valence-corrected chi connectivity index (χ0v) is 20.7. The van der Waals surface area contributed by atoms with E-state index >= 15 is 0 Å². The zero-order chi connectivity index (χ0) is 24.9. The van der Waals surface area contributed by atoms with Gasteiger partial charge in [-0.2, -0.15) is 0 Å². The van der Waals surface area contributed by atoms with Crippen LogP contribution in [0, 0.1) is 0 Å². The fourth-order valence-corrected chi connectivity index (χ4v) is 5.00. The van der Waals surface area contributed by atoms with Crippen LogP contribution in [-0.4, -0.2) is 37.6 Å². The molecule has 0 aliphatic carbocycles. The molecule has 0 saturated carbocycles. The maximum Gasteiger partial charge on any atom is 0.336 e. The summed E-state index contributed by atoms with van der Waals surface area (Å²) in [5.74, 6) is -1.46. The predicted octanol–water partition coefficient (Wildman–Crippen LogP) is 5.77. The summed E-state index contributed by atoms with van der Waals surface area (Å²) in [5.41, 5.74) is 4.64. The number of carbonyl (C=O) groups excluding carboxylic acids is 2. The molecule has 5 heteroatoms. The van der Waals surface area contributed by atoms with E-state index in [0.29, 0.717) is 17.7 Å². The second-order valence-corrected chi connectivity index (χ2v) is 8.76. The summed E-state index contributed by atoms with van der Waals surface area (Å²) < 4.78 is 10.4. The molecule has 5 nitrogen and oxygen atoms in total. The van der Waals surface area contributed by atoms with E-state index in [-0.39, 0.29) is 0 Å². The number of hydrogen-bond acceptors (Lipinski definition) is 5. The lowest BCUT2D eigenvalue weighted by atomic mass is 9.79. The van der Waals surface area contributed by atoms with Gasteiger partial charge in [0.05, 0.1) is 31.3 Å². The molecule has 180 valence electrons. The number of fused-ring (bicyclic) bond motifs is 1. The standard InChI is InChI=1S/C30H31NO4/c1-20-26(29(32)34-3)28(25-17-16-23-14-8-9-15-24(23)19-25)27(30(33)35-4)21(2)31(20)18-10-13-22-11-6-5-7-12-22/h5-9,11-12,14-17,19,28H,10,13,18H2,1-4H3. The molecule has 0 radical (unpaired) electrons. The summed E-state index contributed by atoms with van der Waals surface area (Å²) in [4.78, 5) is 28.3. The number of hydrogen-bond donors (Lipinski definition) is 0. The van der Waals surface area contributed by atoms with Crippen LogP contribution in [0.15, 0.2) is 95.3 Å². The van der Waals surface area contributed by atoms with Crippen LogP contribution in [0.2, 0.25) is 0 Å².